The Morgan fingerprint density at radius 3 is 2.43 bits per heavy atom. The summed E-state index contributed by atoms with van der Waals surface area (Å²) in [6.07, 6.45) is 0. The lowest BCUT2D eigenvalue weighted by Gasteiger charge is -2.22. The molecule has 1 fully saturated rings. The number of benzene rings is 3. The van der Waals surface area contributed by atoms with Crippen LogP contribution in [0.2, 0.25) is 10.0 Å². The van der Waals surface area contributed by atoms with Crippen molar-refractivity contribution in [1.29, 1.82) is 0 Å². The molecule has 186 valence electrons. The van der Waals surface area contributed by atoms with Crippen molar-refractivity contribution in [2.75, 3.05) is 4.90 Å². The summed E-state index contributed by atoms with van der Waals surface area (Å²) >= 11 is 14.9. The van der Waals surface area contributed by atoms with Gasteiger partial charge in [-0.1, -0.05) is 94.8 Å². The van der Waals surface area contributed by atoms with Gasteiger partial charge >= 0.3 is 5.91 Å². The van der Waals surface area contributed by atoms with E-state index in [2.05, 4.69) is 10.2 Å². The maximum absolute atomic E-state index is 13.3. The number of hydrogen-bond acceptors (Lipinski definition) is 7. The molecule has 5 rings (SSSR count). The molecule has 1 aromatic heterocycles. The Kier molecular flexibility index (Phi) is 7.30. The zero-order chi connectivity index (χ0) is 26.1. The van der Waals surface area contributed by atoms with Crippen LogP contribution in [0.25, 0.3) is 5.76 Å². The highest BCUT2D eigenvalue weighted by Gasteiger charge is 2.48. The van der Waals surface area contributed by atoms with Crippen LogP contribution in [-0.2, 0) is 15.3 Å². The molecule has 0 bridgehead atoms. The maximum Gasteiger partial charge on any atom is 0.301 e. The summed E-state index contributed by atoms with van der Waals surface area (Å²) in [5.74, 6) is -1.82. The summed E-state index contributed by atoms with van der Waals surface area (Å²) in [7, 11) is 0. The number of aliphatic hydroxyl groups excluding tert-OH is 1. The van der Waals surface area contributed by atoms with E-state index >= 15 is 0 Å². The molecule has 37 heavy (non-hydrogen) atoms. The number of aliphatic hydroxyl groups is 1. The van der Waals surface area contributed by atoms with Gasteiger partial charge in [-0.3, -0.25) is 14.5 Å². The Bertz CT molecular complexity index is 1530. The molecule has 11 heteroatoms. The average molecular weight is 572 g/mol. The lowest BCUT2D eigenvalue weighted by molar-refractivity contribution is -0.132. The van der Waals surface area contributed by atoms with Crippen molar-refractivity contribution in [2.45, 2.75) is 16.1 Å². The lowest BCUT2D eigenvalue weighted by atomic mass is 9.95. The van der Waals surface area contributed by atoms with E-state index in [1.54, 1.807) is 60.7 Å². The summed E-state index contributed by atoms with van der Waals surface area (Å²) in [4.78, 5) is 27.7. The van der Waals surface area contributed by atoms with Crippen molar-refractivity contribution in [3.63, 3.8) is 0 Å². The van der Waals surface area contributed by atoms with Crippen LogP contribution < -0.4 is 4.90 Å². The van der Waals surface area contributed by atoms with E-state index in [-0.39, 0.29) is 27.3 Å². The summed E-state index contributed by atoms with van der Waals surface area (Å²) in [5, 5.41) is 20.2. The van der Waals surface area contributed by atoms with E-state index in [4.69, 9.17) is 23.2 Å². The number of nitrogens with zero attached hydrogens (tertiary/aromatic N) is 3. The molecule has 1 N–H and O–H groups in total. The molecular formula is C26H16Cl2FN3O3S2. The maximum atomic E-state index is 13.3. The Labute approximate surface area is 229 Å². The minimum Gasteiger partial charge on any atom is -0.507 e. The van der Waals surface area contributed by atoms with Gasteiger partial charge in [0.05, 0.1) is 21.7 Å². The number of thioether (sulfide) groups is 1. The normalized spacial score (nSPS) is 16.9. The first-order valence-electron chi connectivity index (χ1n) is 10.9. The smallest absolute Gasteiger partial charge is 0.301 e. The number of ketones is 1. The number of amides is 1. The van der Waals surface area contributed by atoms with Crippen LogP contribution in [0.3, 0.4) is 0 Å². The van der Waals surface area contributed by atoms with Crippen LogP contribution in [0.5, 0.6) is 0 Å². The second-order valence-electron chi connectivity index (χ2n) is 7.97. The van der Waals surface area contributed by atoms with Gasteiger partial charge < -0.3 is 5.11 Å². The molecule has 1 aliphatic heterocycles. The molecule has 1 aliphatic rings. The van der Waals surface area contributed by atoms with E-state index in [9.17, 15) is 19.1 Å². The molecule has 1 saturated heterocycles. The van der Waals surface area contributed by atoms with Gasteiger partial charge in [0.15, 0.2) is 4.34 Å². The molecule has 0 spiro atoms. The fourth-order valence-corrected chi connectivity index (χ4v) is 5.99. The van der Waals surface area contributed by atoms with Gasteiger partial charge in [-0.2, -0.15) is 0 Å². The van der Waals surface area contributed by atoms with Gasteiger partial charge in [0, 0.05) is 11.3 Å². The SMILES string of the molecule is O=C1C(=O)N(c2nnc(SCc3ccc(F)cc3)s2)C(c2ccc(Cl)c(Cl)c2)/C1=C(/O)c1ccccc1. The molecule has 4 aromatic rings. The molecule has 6 nitrogen and oxygen atoms in total. The number of carbonyl (C=O) groups excluding carboxylic acids is 2. The van der Waals surface area contributed by atoms with Crippen molar-refractivity contribution >= 4 is 68.9 Å². The highest BCUT2D eigenvalue weighted by molar-refractivity contribution is 8.00. The third-order valence-electron chi connectivity index (χ3n) is 5.63. The van der Waals surface area contributed by atoms with Gasteiger partial charge in [0.25, 0.3) is 5.78 Å². The Balaban J connectivity index is 1.54. The second kappa shape index (κ2) is 10.6. The Hall–Kier alpha value is -3.24. The number of rotatable bonds is 6. The monoisotopic (exact) mass is 571 g/mol. The molecule has 1 unspecified atom stereocenters. The first-order valence-corrected chi connectivity index (χ1v) is 13.4. The topological polar surface area (TPSA) is 83.4 Å². The van der Waals surface area contributed by atoms with Gasteiger partial charge in [-0.25, -0.2) is 4.39 Å². The number of halogens is 3. The van der Waals surface area contributed by atoms with Crippen molar-refractivity contribution in [2.24, 2.45) is 0 Å². The fraction of sp³-hybridized carbons (Fsp3) is 0.0769. The van der Waals surface area contributed by atoms with E-state index in [0.717, 1.165) is 16.9 Å². The predicted molar refractivity (Wildman–Crippen MR) is 144 cm³/mol. The molecule has 3 aromatic carbocycles. The van der Waals surface area contributed by atoms with Gasteiger partial charge in [0.2, 0.25) is 5.13 Å². The molecule has 0 aliphatic carbocycles. The van der Waals surface area contributed by atoms with Gasteiger partial charge in [-0.15, -0.1) is 10.2 Å². The van der Waals surface area contributed by atoms with Crippen LogP contribution in [-0.4, -0.2) is 27.0 Å². The highest BCUT2D eigenvalue weighted by Crippen LogP contribution is 2.45. The summed E-state index contributed by atoms with van der Waals surface area (Å²) in [6, 6.07) is 18.4. The van der Waals surface area contributed by atoms with Gasteiger partial charge in [0.1, 0.15) is 11.6 Å². The molecule has 1 amide bonds. The number of carbonyl (C=O) groups is 2. The van der Waals surface area contributed by atoms with E-state index in [0.29, 0.717) is 26.2 Å². The Morgan fingerprint density at radius 2 is 1.73 bits per heavy atom. The minimum absolute atomic E-state index is 0.0923. The summed E-state index contributed by atoms with van der Waals surface area (Å²) in [6.45, 7) is 0. The minimum atomic E-state index is -1.00. The molecule has 0 radical (unpaired) electrons. The van der Waals surface area contributed by atoms with E-state index in [1.807, 2.05) is 0 Å². The summed E-state index contributed by atoms with van der Waals surface area (Å²) in [5.41, 5.74) is 1.66. The van der Waals surface area contributed by atoms with Crippen LogP contribution >= 0.6 is 46.3 Å². The zero-order valence-corrected chi connectivity index (χ0v) is 21.9. The Morgan fingerprint density at radius 1 is 1.00 bits per heavy atom. The summed E-state index contributed by atoms with van der Waals surface area (Å²) < 4.78 is 13.7. The number of anilines is 1. The lowest BCUT2D eigenvalue weighted by Crippen LogP contribution is -2.29. The molecule has 1 atom stereocenters. The zero-order valence-electron chi connectivity index (χ0n) is 18.8. The van der Waals surface area contributed by atoms with Crippen LogP contribution in [0, 0.1) is 5.82 Å². The van der Waals surface area contributed by atoms with Crippen LogP contribution in [0.1, 0.15) is 22.7 Å². The third kappa shape index (κ3) is 5.13. The number of Topliss-reactive ketones (excluding diaryl/α,β-unsaturated/α-hetero) is 1. The molecule has 2 heterocycles. The van der Waals surface area contributed by atoms with Crippen molar-refractivity contribution in [3.05, 3.63) is 111 Å². The van der Waals surface area contributed by atoms with Crippen molar-refractivity contribution in [1.82, 2.24) is 10.2 Å². The third-order valence-corrected chi connectivity index (χ3v) is 8.49. The quantitative estimate of drug-likeness (QED) is 0.0890. The van der Waals surface area contributed by atoms with Gasteiger partial charge in [-0.05, 0) is 35.4 Å². The second-order valence-corrected chi connectivity index (χ2v) is 11.0. The number of hydrogen-bond donors (Lipinski definition) is 1. The largest absolute Gasteiger partial charge is 0.507 e. The first kappa shape index (κ1) is 25.4. The standard InChI is InChI=1S/C26H16Cl2FN3O3S2/c27-18-11-8-16(12-19(18)28)21-20(22(33)15-4-2-1-3-5-15)23(34)24(35)32(21)25-30-31-26(37-25)36-13-14-6-9-17(29)10-7-14/h1-12,21,33H,13H2/b22-20-. The van der Waals surface area contributed by atoms with Crippen LogP contribution in [0.15, 0.2) is 82.7 Å². The fourth-order valence-electron chi connectivity index (χ4n) is 3.86. The molecule has 0 saturated carbocycles. The average Bonchev–Trinajstić information content (AvgIpc) is 3.47. The number of aromatic nitrogens is 2. The first-order chi connectivity index (χ1) is 17.8. The van der Waals surface area contributed by atoms with Crippen LogP contribution in [0.4, 0.5) is 9.52 Å². The van der Waals surface area contributed by atoms with E-state index in [1.165, 1.54) is 28.8 Å². The molecular weight excluding hydrogens is 556 g/mol. The van der Waals surface area contributed by atoms with E-state index < -0.39 is 17.7 Å². The van der Waals surface area contributed by atoms with Crippen molar-refractivity contribution in [3.8, 4) is 0 Å². The van der Waals surface area contributed by atoms with Crippen molar-refractivity contribution < 1.29 is 19.1 Å². The predicted octanol–water partition coefficient (Wildman–Crippen LogP) is 6.90. The highest BCUT2D eigenvalue weighted by atomic mass is 35.5.